The van der Waals surface area contributed by atoms with Gasteiger partial charge < -0.3 is 15.0 Å². The van der Waals surface area contributed by atoms with Gasteiger partial charge in [0.05, 0.1) is 14.2 Å². The van der Waals surface area contributed by atoms with Crippen molar-refractivity contribution in [1.82, 2.24) is 10.6 Å². The van der Waals surface area contributed by atoms with E-state index in [0.717, 1.165) is 22.6 Å². The molecule has 1 rings (SSSR count). The number of likely N-dealkylation sites (N-methyl/N-ethyl adjacent to an activating group) is 1. The van der Waals surface area contributed by atoms with Crippen molar-refractivity contribution in [2.45, 2.75) is 32.9 Å². The summed E-state index contributed by atoms with van der Waals surface area (Å²) in [5, 5.41) is 5.05. The van der Waals surface area contributed by atoms with E-state index in [2.05, 4.69) is 10.6 Å². The Morgan fingerprint density at radius 3 is 2.45 bits per heavy atom. The van der Waals surface area contributed by atoms with E-state index in [1.165, 1.54) is 0 Å². The maximum absolute atomic E-state index is 11.8. The van der Waals surface area contributed by atoms with Crippen LogP contribution in [0.4, 0.5) is 4.79 Å². The minimum Gasteiger partial charge on any atom is -0.497 e. The van der Waals surface area contributed by atoms with Crippen LogP contribution in [0.5, 0.6) is 5.75 Å². The van der Waals surface area contributed by atoms with Gasteiger partial charge in [0, 0.05) is 11.6 Å². The lowest BCUT2D eigenvalue weighted by atomic mass is 10.2. The van der Waals surface area contributed by atoms with E-state index in [4.69, 9.17) is 4.74 Å². The second kappa shape index (κ2) is 9.04. The third-order valence-electron chi connectivity index (χ3n) is 3.37. The van der Waals surface area contributed by atoms with Crippen LogP contribution < -0.4 is 20.3 Å². The first-order valence-electron chi connectivity index (χ1n) is 7.49. The zero-order chi connectivity index (χ0) is 16.5. The molecule has 122 valence electrons. The Labute approximate surface area is 131 Å². The van der Waals surface area contributed by atoms with Crippen LogP contribution in [0.3, 0.4) is 0 Å². The zero-order valence-corrected chi connectivity index (χ0v) is 13.7. The number of carbonyl (C=O) groups excluding carboxylic acids is 2. The van der Waals surface area contributed by atoms with Gasteiger partial charge in [0.1, 0.15) is 12.3 Å². The van der Waals surface area contributed by atoms with Crippen molar-refractivity contribution in [2.24, 2.45) is 0 Å². The highest BCUT2D eigenvalue weighted by Crippen LogP contribution is 2.10. The van der Waals surface area contributed by atoms with E-state index >= 15 is 0 Å². The number of rotatable bonds is 7. The summed E-state index contributed by atoms with van der Waals surface area (Å²) < 4.78 is 5.11. The van der Waals surface area contributed by atoms with E-state index in [1.807, 2.05) is 45.2 Å². The van der Waals surface area contributed by atoms with Crippen molar-refractivity contribution in [2.75, 3.05) is 20.7 Å². The van der Waals surface area contributed by atoms with Crippen molar-refractivity contribution in [3.05, 3.63) is 29.8 Å². The number of urea groups is 1. The molecule has 0 saturated heterocycles. The van der Waals surface area contributed by atoms with Gasteiger partial charge in [-0.15, -0.1) is 0 Å². The van der Waals surface area contributed by atoms with Crippen LogP contribution in [0.1, 0.15) is 25.8 Å². The second-order valence-corrected chi connectivity index (χ2v) is 5.49. The Bertz CT molecular complexity index is 488. The van der Waals surface area contributed by atoms with Crippen molar-refractivity contribution in [3.8, 4) is 5.75 Å². The Morgan fingerprint density at radius 2 is 1.91 bits per heavy atom. The van der Waals surface area contributed by atoms with Gasteiger partial charge in [0.25, 0.3) is 5.91 Å². The van der Waals surface area contributed by atoms with Gasteiger partial charge in [-0.05, 0) is 37.6 Å². The highest BCUT2D eigenvalue weighted by Gasteiger charge is 2.14. The molecule has 0 aromatic heterocycles. The van der Waals surface area contributed by atoms with Crippen molar-refractivity contribution in [1.29, 1.82) is 0 Å². The molecule has 0 bridgehead atoms. The lowest BCUT2D eigenvalue weighted by Gasteiger charge is -2.15. The van der Waals surface area contributed by atoms with Crippen molar-refractivity contribution >= 4 is 11.9 Å². The molecule has 0 saturated carbocycles. The summed E-state index contributed by atoms with van der Waals surface area (Å²) in [6, 6.07) is 7.34. The third kappa shape index (κ3) is 6.58. The molecule has 0 fully saturated rings. The van der Waals surface area contributed by atoms with E-state index in [0.29, 0.717) is 6.54 Å². The molecule has 0 heterocycles. The molecule has 6 nitrogen and oxygen atoms in total. The van der Waals surface area contributed by atoms with Crippen LogP contribution in [0.25, 0.3) is 0 Å². The summed E-state index contributed by atoms with van der Waals surface area (Å²) >= 11 is 0. The number of nitrogens with one attached hydrogen (secondary N) is 3. The molecule has 3 amide bonds. The van der Waals surface area contributed by atoms with Gasteiger partial charge in [-0.2, -0.15) is 0 Å². The maximum Gasteiger partial charge on any atom is 0.321 e. The third-order valence-corrected chi connectivity index (χ3v) is 3.37. The molecule has 0 radical (unpaired) electrons. The highest BCUT2D eigenvalue weighted by atomic mass is 16.5. The normalized spacial score (nSPS) is 13.1. The lowest BCUT2D eigenvalue weighted by Crippen LogP contribution is -3.09. The molecule has 2 atom stereocenters. The topological polar surface area (TPSA) is 71.9 Å². The molecule has 3 N–H and O–H groups in total. The number of carbonyl (C=O) groups is 2. The first-order valence-corrected chi connectivity index (χ1v) is 7.49. The van der Waals surface area contributed by atoms with Crippen LogP contribution in [0.15, 0.2) is 24.3 Å². The number of hydrogen-bond acceptors (Lipinski definition) is 3. The number of hydrogen-bond donors (Lipinski definition) is 3. The first-order chi connectivity index (χ1) is 10.4. The molecule has 0 aliphatic heterocycles. The summed E-state index contributed by atoms with van der Waals surface area (Å²) in [6.45, 7) is 4.80. The largest absolute Gasteiger partial charge is 0.497 e. The summed E-state index contributed by atoms with van der Waals surface area (Å²) in [7, 11) is 3.54. The van der Waals surface area contributed by atoms with Gasteiger partial charge in [0.15, 0.2) is 6.54 Å². The zero-order valence-electron chi connectivity index (χ0n) is 13.7. The number of benzene rings is 1. The Kier molecular flexibility index (Phi) is 7.39. The standard InChI is InChI=1S/C16H25N3O3/c1-5-12(2)17-16(21)18-15(20)11-19(3)10-13-6-8-14(22-4)9-7-13/h6-9,12H,5,10-11H2,1-4H3,(H2,17,18,20,21)/p+1/t12-/m0/s1. The molecular formula is C16H26N3O3+. The number of quaternary nitrogens is 1. The molecule has 0 aliphatic carbocycles. The highest BCUT2D eigenvalue weighted by molar-refractivity contribution is 5.94. The first kappa shape index (κ1) is 18.0. The van der Waals surface area contributed by atoms with Crippen LogP contribution in [-0.4, -0.2) is 38.7 Å². The van der Waals surface area contributed by atoms with E-state index in [-0.39, 0.29) is 18.5 Å². The smallest absolute Gasteiger partial charge is 0.321 e. The molecule has 0 aliphatic rings. The van der Waals surface area contributed by atoms with Crippen molar-refractivity contribution < 1.29 is 19.2 Å². The van der Waals surface area contributed by atoms with Gasteiger partial charge in [-0.25, -0.2) is 4.79 Å². The second-order valence-electron chi connectivity index (χ2n) is 5.49. The number of imide groups is 1. The summed E-state index contributed by atoms with van der Waals surface area (Å²) in [4.78, 5) is 24.4. The molecule has 6 heteroatoms. The lowest BCUT2D eigenvalue weighted by molar-refractivity contribution is -0.885. The summed E-state index contributed by atoms with van der Waals surface area (Å²) in [5.41, 5.74) is 1.11. The minimum atomic E-state index is -0.434. The Balaban J connectivity index is 2.38. The van der Waals surface area contributed by atoms with Crippen LogP contribution in [0, 0.1) is 0 Å². The quantitative estimate of drug-likeness (QED) is 0.680. The van der Waals surface area contributed by atoms with Gasteiger partial charge in [0.2, 0.25) is 0 Å². The fourth-order valence-corrected chi connectivity index (χ4v) is 1.96. The SMILES string of the molecule is CC[C@H](C)NC(=O)NC(=O)C[NH+](C)Cc1ccc(OC)cc1. The van der Waals surface area contributed by atoms with E-state index in [9.17, 15) is 9.59 Å². The average molecular weight is 308 g/mol. The summed E-state index contributed by atoms with van der Waals surface area (Å²) in [5.74, 6) is 0.521. The fraction of sp³-hybridized carbons (Fsp3) is 0.500. The number of methoxy groups -OCH3 is 1. The molecule has 1 aromatic carbocycles. The van der Waals surface area contributed by atoms with Crippen LogP contribution in [0.2, 0.25) is 0 Å². The predicted octanol–water partition coefficient (Wildman–Crippen LogP) is 0.334. The van der Waals surface area contributed by atoms with Gasteiger partial charge in [-0.3, -0.25) is 10.1 Å². The molecule has 1 unspecified atom stereocenters. The Hall–Kier alpha value is -2.08. The van der Waals surface area contributed by atoms with Crippen LogP contribution in [-0.2, 0) is 11.3 Å². The maximum atomic E-state index is 11.8. The molecular weight excluding hydrogens is 282 g/mol. The van der Waals surface area contributed by atoms with Gasteiger partial charge >= 0.3 is 6.03 Å². The van der Waals surface area contributed by atoms with E-state index in [1.54, 1.807) is 7.11 Å². The summed E-state index contributed by atoms with van der Waals surface area (Å²) in [6.07, 6.45) is 0.824. The minimum absolute atomic E-state index is 0.0529. The molecule has 0 spiro atoms. The predicted molar refractivity (Wildman–Crippen MR) is 84.9 cm³/mol. The Morgan fingerprint density at radius 1 is 1.27 bits per heavy atom. The molecule has 22 heavy (non-hydrogen) atoms. The van der Waals surface area contributed by atoms with Crippen molar-refractivity contribution in [3.63, 3.8) is 0 Å². The van der Waals surface area contributed by atoms with E-state index < -0.39 is 6.03 Å². The van der Waals surface area contributed by atoms with Crippen LogP contribution >= 0.6 is 0 Å². The monoisotopic (exact) mass is 308 g/mol. The fourth-order valence-electron chi connectivity index (χ4n) is 1.96. The number of amides is 3. The number of ether oxygens (including phenoxy) is 1. The average Bonchev–Trinajstić information content (AvgIpc) is 2.47. The van der Waals surface area contributed by atoms with Gasteiger partial charge in [-0.1, -0.05) is 6.92 Å². The molecule has 1 aromatic rings.